The maximum absolute atomic E-state index is 13.8. The van der Waals surface area contributed by atoms with Crippen LogP contribution >= 0.6 is 27.3 Å². The summed E-state index contributed by atoms with van der Waals surface area (Å²) >= 11 is 4.73. The molecule has 1 aromatic heterocycles. The highest BCUT2D eigenvalue weighted by Crippen LogP contribution is 2.26. The average molecular weight is 354 g/mol. The third-order valence-corrected chi connectivity index (χ3v) is 4.57. The fourth-order valence-electron chi connectivity index (χ4n) is 2.00. The summed E-state index contributed by atoms with van der Waals surface area (Å²) in [6, 6.07) is 10.5. The van der Waals surface area contributed by atoms with Crippen molar-refractivity contribution >= 4 is 43.0 Å². The zero-order valence-corrected chi connectivity index (χ0v) is 12.7. The molecular weight excluding hydrogens is 344 g/mol. The first kappa shape index (κ1) is 13.5. The second-order valence-corrected chi connectivity index (χ2v) is 6.15. The van der Waals surface area contributed by atoms with Gasteiger partial charge in [0.05, 0.1) is 4.47 Å². The molecule has 0 radical (unpaired) electrons. The van der Waals surface area contributed by atoms with Crippen molar-refractivity contribution in [2.45, 2.75) is 6.54 Å². The van der Waals surface area contributed by atoms with Crippen molar-refractivity contribution < 1.29 is 8.78 Å². The van der Waals surface area contributed by atoms with Crippen LogP contribution in [-0.4, -0.2) is 0 Å². The predicted molar refractivity (Wildman–Crippen MR) is 83.2 cm³/mol. The molecule has 3 aromatic rings. The summed E-state index contributed by atoms with van der Waals surface area (Å²) in [6.07, 6.45) is 0. The SMILES string of the molecule is Fc1ccc(Br)c(F)c1CNc1ccc2sccc2c1. The van der Waals surface area contributed by atoms with Crippen molar-refractivity contribution in [3.8, 4) is 0 Å². The van der Waals surface area contributed by atoms with Gasteiger partial charge in [0.2, 0.25) is 0 Å². The molecule has 0 bridgehead atoms. The van der Waals surface area contributed by atoms with Gasteiger partial charge in [0, 0.05) is 22.5 Å². The summed E-state index contributed by atoms with van der Waals surface area (Å²) in [7, 11) is 0. The number of thiophene rings is 1. The lowest BCUT2D eigenvalue weighted by atomic mass is 10.2. The van der Waals surface area contributed by atoms with Gasteiger partial charge in [0.25, 0.3) is 0 Å². The van der Waals surface area contributed by atoms with E-state index in [1.165, 1.54) is 16.8 Å². The van der Waals surface area contributed by atoms with Crippen LogP contribution in [0.3, 0.4) is 0 Å². The number of halogens is 3. The first-order chi connectivity index (χ1) is 9.65. The van der Waals surface area contributed by atoms with Crippen LogP contribution in [0.25, 0.3) is 10.1 Å². The molecule has 3 rings (SSSR count). The van der Waals surface area contributed by atoms with Gasteiger partial charge in [-0.25, -0.2) is 8.78 Å². The van der Waals surface area contributed by atoms with E-state index in [4.69, 9.17) is 0 Å². The van der Waals surface area contributed by atoms with Crippen molar-refractivity contribution in [1.29, 1.82) is 0 Å². The van der Waals surface area contributed by atoms with E-state index in [-0.39, 0.29) is 16.6 Å². The van der Waals surface area contributed by atoms with Crippen molar-refractivity contribution in [2.75, 3.05) is 5.32 Å². The van der Waals surface area contributed by atoms with Crippen molar-refractivity contribution in [3.05, 3.63) is 63.4 Å². The smallest absolute Gasteiger partial charge is 0.145 e. The molecule has 1 heterocycles. The summed E-state index contributed by atoms with van der Waals surface area (Å²) in [5, 5.41) is 6.19. The molecule has 2 aromatic carbocycles. The second kappa shape index (κ2) is 5.50. The van der Waals surface area contributed by atoms with Crippen LogP contribution in [-0.2, 0) is 6.54 Å². The van der Waals surface area contributed by atoms with Gasteiger partial charge < -0.3 is 5.32 Å². The lowest BCUT2D eigenvalue weighted by molar-refractivity contribution is 0.556. The van der Waals surface area contributed by atoms with Crippen LogP contribution in [0.5, 0.6) is 0 Å². The van der Waals surface area contributed by atoms with Gasteiger partial charge in [-0.15, -0.1) is 11.3 Å². The Hall–Kier alpha value is -1.46. The Morgan fingerprint density at radius 2 is 1.95 bits per heavy atom. The zero-order chi connectivity index (χ0) is 14.1. The molecule has 0 aliphatic rings. The molecule has 0 spiro atoms. The minimum Gasteiger partial charge on any atom is -0.381 e. The Morgan fingerprint density at radius 1 is 1.10 bits per heavy atom. The van der Waals surface area contributed by atoms with Gasteiger partial charge in [-0.05, 0) is 63.1 Å². The van der Waals surface area contributed by atoms with E-state index in [0.717, 1.165) is 11.1 Å². The highest BCUT2D eigenvalue weighted by atomic mass is 79.9. The minimum atomic E-state index is -0.561. The molecular formula is C15H10BrF2NS. The highest BCUT2D eigenvalue weighted by Gasteiger charge is 2.12. The molecule has 0 saturated carbocycles. The van der Waals surface area contributed by atoms with Crippen LogP contribution in [0.1, 0.15) is 5.56 Å². The largest absolute Gasteiger partial charge is 0.381 e. The van der Waals surface area contributed by atoms with E-state index < -0.39 is 11.6 Å². The molecule has 5 heteroatoms. The van der Waals surface area contributed by atoms with Gasteiger partial charge in [0.15, 0.2) is 0 Å². The van der Waals surface area contributed by atoms with Crippen LogP contribution in [0.15, 0.2) is 46.3 Å². The number of hydrogen-bond acceptors (Lipinski definition) is 2. The van der Waals surface area contributed by atoms with Crippen LogP contribution < -0.4 is 5.32 Å². The van der Waals surface area contributed by atoms with Gasteiger partial charge in [-0.3, -0.25) is 0 Å². The fourth-order valence-corrected chi connectivity index (χ4v) is 3.14. The third kappa shape index (κ3) is 2.55. The standard InChI is InChI=1S/C15H10BrF2NS/c16-12-2-3-13(17)11(15(12)18)8-19-10-1-4-14-9(7-10)5-6-20-14/h1-7,19H,8H2. The normalized spacial score (nSPS) is 10.9. The van der Waals surface area contributed by atoms with Crippen molar-refractivity contribution in [2.24, 2.45) is 0 Å². The molecule has 20 heavy (non-hydrogen) atoms. The minimum absolute atomic E-state index is 0.0322. The number of anilines is 1. The number of benzene rings is 2. The Bertz CT molecular complexity index is 770. The van der Waals surface area contributed by atoms with Crippen molar-refractivity contribution in [1.82, 2.24) is 0 Å². The number of nitrogens with one attached hydrogen (secondary N) is 1. The highest BCUT2D eigenvalue weighted by molar-refractivity contribution is 9.10. The van der Waals surface area contributed by atoms with Crippen LogP contribution in [0.4, 0.5) is 14.5 Å². The predicted octanol–water partition coefficient (Wildman–Crippen LogP) is 5.55. The van der Waals surface area contributed by atoms with Gasteiger partial charge in [-0.1, -0.05) is 0 Å². The van der Waals surface area contributed by atoms with Crippen LogP contribution in [0, 0.1) is 11.6 Å². The monoisotopic (exact) mass is 353 g/mol. The summed E-state index contributed by atoms with van der Waals surface area (Å²) in [6.45, 7) is 0.104. The van der Waals surface area contributed by atoms with E-state index in [1.54, 1.807) is 11.3 Å². The molecule has 0 saturated heterocycles. The first-order valence-electron chi connectivity index (χ1n) is 5.98. The number of fused-ring (bicyclic) bond motifs is 1. The molecule has 0 atom stereocenters. The molecule has 0 aliphatic carbocycles. The topological polar surface area (TPSA) is 12.0 Å². The molecule has 0 unspecified atom stereocenters. The Kier molecular flexibility index (Phi) is 3.72. The molecule has 102 valence electrons. The number of rotatable bonds is 3. The average Bonchev–Trinajstić information content (AvgIpc) is 2.90. The summed E-state index contributed by atoms with van der Waals surface area (Å²) < 4.78 is 28.9. The molecule has 0 fully saturated rings. The van der Waals surface area contributed by atoms with Crippen molar-refractivity contribution in [3.63, 3.8) is 0 Å². The maximum Gasteiger partial charge on any atom is 0.145 e. The quantitative estimate of drug-likeness (QED) is 0.608. The van der Waals surface area contributed by atoms with E-state index in [9.17, 15) is 8.78 Å². The third-order valence-electron chi connectivity index (χ3n) is 3.06. The molecule has 1 nitrogen and oxygen atoms in total. The van der Waals surface area contributed by atoms with E-state index in [0.29, 0.717) is 0 Å². The Labute approximate surface area is 127 Å². The zero-order valence-electron chi connectivity index (χ0n) is 10.3. The summed E-state index contributed by atoms with van der Waals surface area (Å²) in [5.74, 6) is -1.11. The Morgan fingerprint density at radius 3 is 2.80 bits per heavy atom. The fraction of sp³-hybridized carbons (Fsp3) is 0.0667. The van der Waals surface area contributed by atoms with E-state index in [1.807, 2.05) is 29.6 Å². The van der Waals surface area contributed by atoms with E-state index in [2.05, 4.69) is 21.2 Å². The van der Waals surface area contributed by atoms with Gasteiger partial charge >= 0.3 is 0 Å². The summed E-state index contributed by atoms with van der Waals surface area (Å²) in [5.41, 5.74) is 0.875. The maximum atomic E-state index is 13.8. The molecule has 0 aliphatic heterocycles. The molecule has 1 N–H and O–H groups in total. The number of hydrogen-bond donors (Lipinski definition) is 1. The summed E-state index contributed by atoms with van der Waals surface area (Å²) in [4.78, 5) is 0. The second-order valence-electron chi connectivity index (χ2n) is 4.35. The van der Waals surface area contributed by atoms with Gasteiger partial charge in [-0.2, -0.15) is 0 Å². The Balaban J connectivity index is 1.84. The van der Waals surface area contributed by atoms with E-state index >= 15 is 0 Å². The lowest BCUT2D eigenvalue weighted by Gasteiger charge is -2.09. The first-order valence-corrected chi connectivity index (χ1v) is 7.66. The lowest BCUT2D eigenvalue weighted by Crippen LogP contribution is -2.05. The van der Waals surface area contributed by atoms with Gasteiger partial charge in [0.1, 0.15) is 11.6 Å². The molecule has 0 amide bonds. The van der Waals surface area contributed by atoms with Crippen LogP contribution in [0.2, 0.25) is 0 Å².